The predicted molar refractivity (Wildman–Crippen MR) is 107 cm³/mol. The van der Waals surface area contributed by atoms with Crippen LogP contribution < -0.4 is 5.56 Å². The molecule has 2 aromatic carbocycles. The largest absolute Gasteiger partial charge is 0.381 e. The second kappa shape index (κ2) is 7.60. The van der Waals surface area contributed by atoms with Gasteiger partial charge in [-0.15, -0.1) is 0 Å². The summed E-state index contributed by atoms with van der Waals surface area (Å²) in [4.78, 5) is 17.5. The first-order valence-corrected chi connectivity index (χ1v) is 9.71. The van der Waals surface area contributed by atoms with Crippen LogP contribution in [0.25, 0.3) is 10.8 Å². The van der Waals surface area contributed by atoms with Crippen LogP contribution in [-0.2, 0) is 17.7 Å². The van der Waals surface area contributed by atoms with Crippen molar-refractivity contribution in [3.63, 3.8) is 0 Å². The molecule has 1 fully saturated rings. The molecule has 2 aromatic heterocycles. The summed E-state index contributed by atoms with van der Waals surface area (Å²) >= 11 is 0. The van der Waals surface area contributed by atoms with Crippen LogP contribution in [0.15, 0.2) is 63.9 Å². The van der Waals surface area contributed by atoms with E-state index in [2.05, 4.69) is 27.4 Å². The molecular formula is C22H20N4O3. The highest BCUT2D eigenvalue weighted by atomic mass is 16.5. The molecule has 1 saturated heterocycles. The van der Waals surface area contributed by atoms with E-state index in [1.165, 1.54) is 4.68 Å². The molecule has 5 rings (SSSR count). The molecule has 0 radical (unpaired) electrons. The zero-order chi connectivity index (χ0) is 19.6. The Bertz CT molecular complexity index is 1190. The molecule has 29 heavy (non-hydrogen) atoms. The zero-order valence-electron chi connectivity index (χ0n) is 15.8. The number of rotatable bonds is 5. The van der Waals surface area contributed by atoms with Gasteiger partial charge in [-0.05, 0) is 18.1 Å². The Hall–Kier alpha value is -3.32. The smallest absolute Gasteiger partial charge is 0.275 e. The van der Waals surface area contributed by atoms with Crippen LogP contribution in [0.2, 0.25) is 0 Å². The van der Waals surface area contributed by atoms with Crippen LogP contribution in [0.5, 0.6) is 0 Å². The van der Waals surface area contributed by atoms with E-state index in [0.717, 1.165) is 23.1 Å². The molecule has 0 unspecified atom stereocenters. The molecule has 3 heterocycles. The summed E-state index contributed by atoms with van der Waals surface area (Å²) in [5.41, 5.74) is 1.81. The number of ether oxygens (including phenoxy) is 1. The van der Waals surface area contributed by atoms with Crippen LogP contribution in [0, 0.1) is 0 Å². The molecule has 0 bridgehead atoms. The molecule has 7 nitrogen and oxygen atoms in total. The van der Waals surface area contributed by atoms with E-state index >= 15 is 0 Å². The fourth-order valence-corrected chi connectivity index (χ4v) is 3.70. The molecule has 1 atom stereocenters. The number of hydrogen-bond acceptors (Lipinski definition) is 6. The number of aromatic nitrogens is 4. The minimum absolute atomic E-state index is 0.145. The maximum absolute atomic E-state index is 13.0. The van der Waals surface area contributed by atoms with E-state index in [0.29, 0.717) is 36.7 Å². The lowest BCUT2D eigenvalue weighted by Gasteiger charge is -2.10. The van der Waals surface area contributed by atoms with E-state index in [9.17, 15) is 4.79 Å². The van der Waals surface area contributed by atoms with Crippen molar-refractivity contribution in [2.24, 2.45) is 0 Å². The van der Waals surface area contributed by atoms with E-state index in [1.54, 1.807) is 0 Å². The first kappa shape index (κ1) is 17.8. The SMILES string of the molecule is O=c1c2ccccc2c(Cc2ccccc2)nn1Cc1nc([C@@H]2CCOC2)no1. The molecule has 0 amide bonds. The first-order chi connectivity index (χ1) is 14.3. The fourth-order valence-electron chi connectivity index (χ4n) is 3.70. The van der Waals surface area contributed by atoms with Gasteiger partial charge in [0.25, 0.3) is 5.56 Å². The van der Waals surface area contributed by atoms with Crippen LogP contribution >= 0.6 is 0 Å². The number of nitrogens with zero attached hydrogens (tertiary/aromatic N) is 4. The van der Waals surface area contributed by atoms with Gasteiger partial charge in [-0.3, -0.25) is 4.79 Å². The Kier molecular flexibility index (Phi) is 4.65. The third-order valence-electron chi connectivity index (χ3n) is 5.22. The van der Waals surface area contributed by atoms with E-state index in [4.69, 9.17) is 9.26 Å². The second-order valence-corrected chi connectivity index (χ2v) is 7.22. The molecule has 1 aliphatic rings. The van der Waals surface area contributed by atoms with Crippen LogP contribution in [0.4, 0.5) is 0 Å². The summed E-state index contributed by atoms with van der Waals surface area (Å²) in [6.45, 7) is 1.46. The highest BCUT2D eigenvalue weighted by Gasteiger charge is 2.23. The molecule has 1 aliphatic heterocycles. The van der Waals surface area contributed by atoms with Gasteiger partial charge in [0, 0.05) is 24.3 Å². The van der Waals surface area contributed by atoms with Gasteiger partial charge in [-0.1, -0.05) is 53.7 Å². The quantitative estimate of drug-likeness (QED) is 0.523. The lowest BCUT2D eigenvalue weighted by atomic mass is 10.0. The first-order valence-electron chi connectivity index (χ1n) is 9.71. The van der Waals surface area contributed by atoms with Gasteiger partial charge >= 0.3 is 0 Å². The van der Waals surface area contributed by atoms with Crippen molar-refractivity contribution in [3.8, 4) is 0 Å². The lowest BCUT2D eigenvalue weighted by molar-refractivity contribution is 0.192. The Morgan fingerprint density at radius 1 is 1.03 bits per heavy atom. The van der Waals surface area contributed by atoms with Crippen molar-refractivity contribution in [2.75, 3.05) is 13.2 Å². The third kappa shape index (κ3) is 3.56. The zero-order valence-corrected chi connectivity index (χ0v) is 15.8. The highest BCUT2D eigenvalue weighted by molar-refractivity contribution is 5.83. The third-order valence-corrected chi connectivity index (χ3v) is 5.22. The normalized spacial score (nSPS) is 16.5. The van der Waals surface area contributed by atoms with Crippen molar-refractivity contribution in [1.29, 1.82) is 0 Å². The Morgan fingerprint density at radius 2 is 1.83 bits per heavy atom. The summed E-state index contributed by atoms with van der Waals surface area (Å²) in [6.07, 6.45) is 1.52. The van der Waals surface area contributed by atoms with Gasteiger partial charge in [-0.2, -0.15) is 10.1 Å². The summed E-state index contributed by atoms with van der Waals surface area (Å²) in [7, 11) is 0. The molecule has 0 spiro atoms. The Morgan fingerprint density at radius 3 is 2.62 bits per heavy atom. The Balaban J connectivity index is 1.52. The van der Waals surface area contributed by atoms with E-state index in [-0.39, 0.29) is 18.0 Å². The molecule has 0 saturated carbocycles. The topological polar surface area (TPSA) is 83.0 Å². The van der Waals surface area contributed by atoms with Crippen molar-refractivity contribution < 1.29 is 9.26 Å². The van der Waals surface area contributed by atoms with Crippen LogP contribution in [0.1, 0.15) is 35.3 Å². The number of benzene rings is 2. The monoisotopic (exact) mass is 388 g/mol. The van der Waals surface area contributed by atoms with Gasteiger partial charge < -0.3 is 9.26 Å². The van der Waals surface area contributed by atoms with Crippen molar-refractivity contribution in [3.05, 3.63) is 87.9 Å². The summed E-state index contributed by atoms with van der Waals surface area (Å²) in [6, 6.07) is 17.7. The van der Waals surface area contributed by atoms with Crippen molar-refractivity contribution in [1.82, 2.24) is 19.9 Å². The summed E-state index contributed by atoms with van der Waals surface area (Å²) in [5.74, 6) is 1.17. The molecular weight excluding hydrogens is 368 g/mol. The molecule has 7 heteroatoms. The van der Waals surface area contributed by atoms with Gasteiger partial charge in [0.15, 0.2) is 5.82 Å². The average molecular weight is 388 g/mol. The molecule has 146 valence electrons. The minimum Gasteiger partial charge on any atom is -0.381 e. The summed E-state index contributed by atoms with van der Waals surface area (Å²) in [5, 5.41) is 10.2. The predicted octanol–water partition coefficient (Wildman–Crippen LogP) is 2.92. The van der Waals surface area contributed by atoms with Crippen LogP contribution in [0.3, 0.4) is 0 Å². The van der Waals surface area contributed by atoms with Gasteiger partial charge in [-0.25, -0.2) is 4.68 Å². The molecule has 4 aromatic rings. The standard InChI is InChI=1S/C22H20N4O3/c27-22-18-9-5-4-8-17(18)19(12-15-6-2-1-3-7-15)24-26(22)13-20-23-21(25-29-20)16-10-11-28-14-16/h1-9,16H,10-14H2/t16-/m1/s1. The fraction of sp³-hybridized carbons (Fsp3) is 0.273. The van der Waals surface area contributed by atoms with Crippen molar-refractivity contribution >= 4 is 10.8 Å². The molecule has 0 N–H and O–H groups in total. The number of fused-ring (bicyclic) bond motifs is 1. The minimum atomic E-state index is -0.165. The van der Waals surface area contributed by atoms with E-state index in [1.807, 2.05) is 42.5 Å². The van der Waals surface area contributed by atoms with Gasteiger partial charge in [0.1, 0.15) is 6.54 Å². The number of hydrogen-bond donors (Lipinski definition) is 0. The summed E-state index contributed by atoms with van der Waals surface area (Å²) < 4.78 is 12.2. The van der Waals surface area contributed by atoms with Crippen LogP contribution in [-0.4, -0.2) is 33.1 Å². The average Bonchev–Trinajstić information content (AvgIpc) is 3.44. The van der Waals surface area contributed by atoms with Gasteiger partial charge in [0.2, 0.25) is 5.89 Å². The second-order valence-electron chi connectivity index (χ2n) is 7.22. The van der Waals surface area contributed by atoms with Crippen molar-refractivity contribution in [2.45, 2.75) is 25.3 Å². The maximum Gasteiger partial charge on any atom is 0.275 e. The molecule has 0 aliphatic carbocycles. The lowest BCUT2D eigenvalue weighted by Crippen LogP contribution is -2.25. The maximum atomic E-state index is 13.0. The highest BCUT2D eigenvalue weighted by Crippen LogP contribution is 2.22. The van der Waals surface area contributed by atoms with Gasteiger partial charge in [0.05, 0.1) is 17.7 Å². The Labute approximate surface area is 166 Å². The van der Waals surface area contributed by atoms with E-state index < -0.39 is 0 Å².